The lowest BCUT2D eigenvalue weighted by Crippen LogP contribution is -2.11. The second-order valence-electron chi connectivity index (χ2n) is 4.84. The van der Waals surface area contributed by atoms with E-state index in [1.807, 2.05) is 35.7 Å². The molecule has 0 fully saturated rings. The molecule has 1 aromatic carbocycles. The van der Waals surface area contributed by atoms with Crippen LogP contribution < -0.4 is 10.5 Å². The molecule has 2 rings (SSSR count). The molecule has 0 bridgehead atoms. The van der Waals surface area contributed by atoms with Gasteiger partial charge in [-0.25, -0.2) is 4.98 Å². The van der Waals surface area contributed by atoms with E-state index in [2.05, 4.69) is 25.8 Å². The van der Waals surface area contributed by atoms with Gasteiger partial charge in [-0.1, -0.05) is 39.0 Å². The predicted octanol–water partition coefficient (Wildman–Crippen LogP) is 3.72. The molecule has 0 radical (unpaired) electrons. The Bertz CT molecular complexity index is 460. The molecule has 18 heavy (non-hydrogen) atoms. The second kappa shape index (κ2) is 6.40. The lowest BCUT2D eigenvalue weighted by molar-refractivity contribution is 0.415. The van der Waals surface area contributed by atoms with Crippen LogP contribution in [0.2, 0.25) is 0 Å². The maximum absolute atomic E-state index is 5.48. The van der Waals surface area contributed by atoms with Crippen LogP contribution >= 0.6 is 11.3 Å². The number of nitrogen functional groups attached to an aromatic ring is 1. The van der Waals surface area contributed by atoms with E-state index < -0.39 is 0 Å². The Morgan fingerprint density at radius 1 is 1.17 bits per heavy atom. The minimum atomic E-state index is 0.133. The van der Waals surface area contributed by atoms with Crippen molar-refractivity contribution in [3.05, 3.63) is 41.4 Å². The zero-order valence-corrected chi connectivity index (χ0v) is 12.1. The molecular formula is C14H20N2OS. The van der Waals surface area contributed by atoms with Crippen molar-refractivity contribution < 1.29 is 4.74 Å². The quantitative estimate of drug-likeness (QED) is 0.854. The van der Waals surface area contributed by atoms with Crippen molar-refractivity contribution in [3.8, 4) is 5.75 Å². The van der Waals surface area contributed by atoms with Gasteiger partial charge in [0.1, 0.15) is 5.75 Å². The first kappa shape index (κ1) is 14.5. The Labute approximate surface area is 113 Å². The van der Waals surface area contributed by atoms with Crippen LogP contribution in [-0.4, -0.2) is 12.1 Å². The number of nitrogens with two attached hydrogens (primary N) is 1. The fourth-order valence-electron chi connectivity index (χ4n) is 1.19. The molecule has 3 nitrogen and oxygen atoms in total. The number of para-hydroxylation sites is 1. The van der Waals surface area contributed by atoms with Gasteiger partial charge in [-0.2, -0.15) is 0 Å². The SMILES string of the molecule is CC(C)(C)c1csc(N)n1.COc1ccccc1. The molecule has 0 amide bonds. The summed E-state index contributed by atoms with van der Waals surface area (Å²) in [5.41, 5.74) is 6.69. The summed E-state index contributed by atoms with van der Waals surface area (Å²) >= 11 is 1.50. The van der Waals surface area contributed by atoms with Gasteiger partial charge in [-0.05, 0) is 12.1 Å². The molecule has 0 saturated carbocycles. The number of thiazole rings is 1. The van der Waals surface area contributed by atoms with Crippen molar-refractivity contribution in [3.63, 3.8) is 0 Å². The van der Waals surface area contributed by atoms with Crippen LogP contribution in [-0.2, 0) is 5.41 Å². The highest BCUT2D eigenvalue weighted by molar-refractivity contribution is 7.13. The first-order valence-corrected chi connectivity index (χ1v) is 6.62. The van der Waals surface area contributed by atoms with Crippen molar-refractivity contribution in [2.45, 2.75) is 26.2 Å². The van der Waals surface area contributed by atoms with Gasteiger partial charge < -0.3 is 10.5 Å². The molecule has 1 aromatic heterocycles. The Hall–Kier alpha value is -1.55. The molecule has 0 atom stereocenters. The van der Waals surface area contributed by atoms with E-state index >= 15 is 0 Å². The monoisotopic (exact) mass is 264 g/mol. The summed E-state index contributed by atoms with van der Waals surface area (Å²) in [5.74, 6) is 0.910. The molecule has 0 aliphatic rings. The molecule has 0 aliphatic carbocycles. The number of aromatic nitrogens is 1. The summed E-state index contributed by atoms with van der Waals surface area (Å²) in [6, 6.07) is 9.68. The highest BCUT2D eigenvalue weighted by Gasteiger charge is 2.16. The number of anilines is 1. The lowest BCUT2D eigenvalue weighted by atomic mass is 9.93. The van der Waals surface area contributed by atoms with E-state index in [0.29, 0.717) is 5.13 Å². The lowest BCUT2D eigenvalue weighted by Gasteiger charge is -2.13. The fourth-order valence-corrected chi connectivity index (χ4v) is 1.98. The minimum Gasteiger partial charge on any atom is -0.497 e. The fraction of sp³-hybridized carbons (Fsp3) is 0.357. The predicted molar refractivity (Wildman–Crippen MR) is 78.2 cm³/mol. The number of rotatable bonds is 1. The van der Waals surface area contributed by atoms with Gasteiger partial charge in [0, 0.05) is 10.8 Å². The highest BCUT2D eigenvalue weighted by Crippen LogP contribution is 2.24. The van der Waals surface area contributed by atoms with Crippen LogP contribution in [0.25, 0.3) is 0 Å². The van der Waals surface area contributed by atoms with E-state index in [0.717, 1.165) is 11.4 Å². The molecule has 0 aliphatic heterocycles. The first-order valence-electron chi connectivity index (χ1n) is 5.74. The first-order chi connectivity index (χ1) is 8.43. The molecular weight excluding hydrogens is 244 g/mol. The van der Waals surface area contributed by atoms with E-state index in [1.54, 1.807) is 7.11 Å². The summed E-state index contributed by atoms with van der Waals surface area (Å²) in [6.45, 7) is 6.38. The van der Waals surface area contributed by atoms with Crippen LogP contribution in [0.4, 0.5) is 5.13 Å². The molecule has 0 spiro atoms. The Kier molecular flexibility index (Phi) is 5.16. The van der Waals surface area contributed by atoms with E-state index in [-0.39, 0.29) is 5.41 Å². The van der Waals surface area contributed by atoms with Gasteiger partial charge in [0.05, 0.1) is 12.8 Å². The minimum absolute atomic E-state index is 0.133. The van der Waals surface area contributed by atoms with Crippen LogP contribution in [0.15, 0.2) is 35.7 Å². The van der Waals surface area contributed by atoms with E-state index in [1.165, 1.54) is 11.3 Å². The van der Waals surface area contributed by atoms with Gasteiger partial charge in [0.2, 0.25) is 0 Å². The third-order valence-electron chi connectivity index (χ3n) is 2.27. The van der Waals surface area contributed by atoms with Gasteiger partial charge in [0.15, 0.2) is 5.13 Å². The third-order valence-corrected chi connectivity index (χ3v) is 2.94. The summed E-state index contributed by atoms with van der Waals surface area (Å²) < 4.78 is 4.91. The van der Waals surface area contributed by atoms with Crippen LogP contribution in [0.3, 0.4) is 0 Å². The summed E-state index contributed by atoms with van der Waals surface area (Å²) in [7, 11) is 1.66. The topological polar surface area (TPSA) is 48.1 Å². The summed E-state index contributed by atoms with van der Waals surface area (Å²) in [4.78, 5) is 4.18. The van der Waals surface area contributed by atoms with Gasteiger partial charge in [-0.3, -0.25) is 0 Å². The molecule has 2 aromatic rings. The molecule has 0 saturated heterocycles. The standard InChI is InChI=1S/C7H12N2S.C7H8O/c1-7(2,3)5-4-10-6(8)9-5;1-8-7-5-3-2-4-6-7/h4H,1-3H3,(H2,8,9);2-6H,1H3. The van der Waals surface area contributed by atoms with Crippen LogP contribution in [0, 0.1) is 0 Å². The summed E-state index contributed by atoms with van der Waals surface area (Å²) in [5, 5.41) is 2.67. The summed E-state index contributed by atoms with van der Waals surface area (Å²) in [6.07, 6.45) is 0. The van der Waals surface area contributed by atoms with Crippen molar-refractivity contribution in [2.24, 2.45) is 0 Å². The van der Waals surface area contributed by atoms with Crippen molar-refractivity contribution >= 4 is 16.5 Å². The molecule has 2 N–H and O–H groups in total. The molecule has 1 heterocycles. The number of ether oxygens (including phenoxy) is 1. The van der Waals surface area contributed by atoms with Gasteiger partial charge in [-0.15, -0.1) is 11.3 Å². The van der Waals surface area contributed by atoms with Crippen molar-refractivity contribution in [1.82, 2.24) is 4.98 Å². The smallest absolute Gasteiger partial charge is 0.180 e. The van der Waals surface area contributed by atoms with E-state index in [9.17, 15) is 0 Å². The van der Waals surface area contributed by atoms with E-state index in [4.69, 9.17) is 10.5 Å². The van der Waals surface area contributed by atoms with Crippen LogP contribution in [0.5, 0.6) is 5.75 Å². The number of benzene rings is 1. The Morgan fingerprint density at radius 2 is 1.78 bits per heavy atom. The maximum atomic E-state index is 5.48. The highest BCUT2D eigenvalue weighted by atomic mass is 32.1. The largest absolute Gasteiger partial charge is 0.497 e. The zero-order valence-electron chi connectivity index (χ0n) is 11.3. The number of hydrogen-bond acceptors (Lipinski definition) is 4. The van der Waals surface area contributed by atoms with Gasteiger partial charge in [0.25, 0.3) is 0 Å². The Morgan fingerprint density at radius 3 is 2.06 bits per heavy atom. The average molecular weight is 264 g/mol. The normalized spacial score (nSPS) is 10.4. The molecule has 4 heteroatoms. The molecule has 98 valence electrons. The second-order valence-corrected chi connectivity index (χ2v) is 5.73. The van der Waals surface area contributed by atoms with Crippen LogP contribution in [0.1, 0.15) is 26.5 Å². The van der Waals surface area contributed by atoms with Crippen molar-refractivity contribution in [2.75, 3.05) is 12.8 Å². The van der Waals surface area contributed by atoms with Crippen molar-refractivity contribution in [1.29, 1.82) is 0 Å². The zero-order chi connectivity index (χ0) is 13.6. The maximum Gasteiger partial charge on any atom is 0.180 e. The number of hydrogen-bond donors (Lipinski definition) is 1. The Balaban J connectivity index is 0.000000184. The third kappa shape index (κ3) is 4.75. The number of nitrogens with zero attached hydrogens (tertiary/aromatic N) is 1. The van der Waals surface area contributed by atoms with Gasteiger partial charge >= 0.3 is 0 Å². The molecule has 0 unspecified atom stereocenters. The number of methoxy groups -OCH3 is 1. The average Bonchev–Trinajstić information content (AvgIpc) is 2.78.